The minimum Gasteiger partial charge on any atom is -0.352 e. The SMILES string of the molecule is CCS(=O)(=O)Cc1ccc(CC(=O)N2CCN(c3ccc(C#N)nn3)CC2)cc1. The van der Waals surface area contributed by atoms with Crippen LogP contribution in [0.15, 0.2) is 36.4 Å². The molecule has 0 saturated carbocycles. The number of carbonyl (C=O) groups is 1. The second-order valence-corrected chi connectivity index (χ2v) is 9.28. The Morgan fingerprint density at radius 1 is 1.03 bits per heavy atom. The number of benzene rings is 1. The van der Waals surface area contributed by atoms with Crippen molar-refractivity contribution in [2.75, 3.05) is 36.8 Å². The number of rotatable bonds is 6. The largest absolute Gasteiger partial charge is 0.352 e. The summed E-state index contributed by atoms with van der Waals surface area (Å²) in [5.74, 6) is 0.892. The van der Waals surface area contributed by atoms with Crippen LogP contribution in [0.4, 0.5) is 5.82 Å². The predicted octanol–water partition coefficient (Wildman–Crippen LogP) is 1.17. The van der Waals surface area contributed by atoms with Gasteiger partial charge in [0.25, 0.3) is 0 Å². The summed E-state index contributed by atoms with van der Waals surface area (Å²) in [6.45, 7) is 4.12. The topological polar surface area (TPSA) is 107 Å². The Labute approximate surface area is 170 Å². The molecule has 1 fully saturated rings. The Hall–Kier alpha value is -2.99. The number of aromatic nitrogens is 2. The van der Waals surface area contributed by atoms with Crippen LogP contribution in [0, 0.1) is 11.3 Å². The first-order valence-corrected chi connectivity index (χ1v) is 11.3. The van der Waals surface area contributed by atoms with Gasteiger partial charge in [0.2, 0.25) is 5.91 Å². The molecule has 0 aliphatic carbocycles. The average Bonchev–Trinajstić information content (AvgIpc) is 2.75. The molecule has 8 nitrogen and oxygen atoms in total. The molecule has 2 heterocycles. The minimum absolute atomic E-state index is 0.0257. The molecule has 0 spiro atoms. The average molecular weight is 414 g/mol. The Morgan fingerprint density at radius 3 is 2.24 bits per heavy atom. The van der Waals surface area contributed by atoms with Gasteiger partial charge < -0.3 is 9.80 Å². The van der Waals surface area contributed by atoms with Crippen molar-refractivity contribution < 1.29 is 13.2 Å². The Balaban J connectivity index is 1.52. The summed E-state index contributed by atoms with van der Waals surface area (Å²) in [6, 6.07) is 12.5. The number of sulfone groups is 1. The van der Waals surface area contributed by atoms with E-state index in [0.29, 0.717) is 32.0 Å². The summed E-state index contributed by atoms with van der Waals surface area (Å²) < 4.78 is 23.4. The highest BCUT2D eigenvalue weighted by atomic mass is 32.2. The zero-order valence-corrected chi connectivity index (χ0v) is 17.1. The first-order valence-electron chi connectivity index (χ1n) is 9.45. The van der Waals surface area contributed by atoms with E-state index in [-0.39, 0.29) is 29.5 Å². The van der Waals surface area contributed by atoms with Crippen molar-refractivity contribution >= 4 is 21.6 Å². The van der Waals surface area contributed by atoms with Gasteiger partial charge >= 0.3 is 0 Å². The van der Waals surface area contributed by atoms with Crippen molar-refractivity contribution in [1.82, 2.24) is 15.1 Å². The standard InChI is InChI=1S/C20H23N5O3S/c1-2-29(27,28)15-17-5-3-16(4-6-17)13-20(26)25-11-9-24(10-12-25)19-8-7-18(14-21)22-23-19/h3-8H,2,9-13,15H2,1H3. The Bertz CT molecular complexity index is 990. The number of nitrogens with zero attached hydrogens (tertiary/aromatic N) is 5. The molecule has 152 valence electrons. The van der Waals surface area contributed by atoms with E-state index in [9.17, 15) is 13.2 Å². The van der Waals surface area contributed by atoms with E-state index in [2.05, 4.69) is 10.2 Å². The smallest absolute Gasteiger partial charge is 0.227 e. The zero-order valence-electron chi connectivity index (χ0n) is 16.3. The summed E-state index contributed by atoms with van der Waals surface area (Å²) in [4.78, 5) is 16.5. The summed E-state index contributed by atoms with van der Waals surface area (Å²) in [6.07, 6.45) is 0.289. The third kappa shape index (κ3) is 5.51. The summed E-state index contributed by atoms with van der Waals surface area (Å²) in [5, 5.41) is 16.7. The van der Waals surface area contributed by atoms with Crippen molar-refractivity contribution in [3.63, 3.8) is 0 Å². The maximum Gasteiger partial charge on any atom is 0.227 e. The van der Waals surface area contributed by atoms with E-state index in [1.54, 1.807) is 31.2 Å². The summed E-state index contributed by atoms with van der Waals surface area (Å²) >= 11 is 0. The molecule has 1 aromatic heterocycles. The molecular weight excluding hydrogens is 390 g/mol. The molecule has 9 heteroatoms. The molecule has 3 rings (SSSR count). The summed E-state index contributed by atoms with van der Waals surface area (Å²) in [7, 11) is -3.06. The molecular formula is C20H23N5O3S. The third-order valence-electron chi connectivity index (χ3n) is 4.93. The lowest BCUT2D eigenvalue weighted by Gasteiger charge is -2.35. The molecule has 0 bridgehead atoms. The zero-order chi connectivity index (χ0) is 20.9. The molecule has 1 amide bonds. The van der Waals surface area contributed by atoms with Crippen molar-refractivity contribution in [1.29, 1.82) is 5.26 Å². The van der Waals surface area contributed by atoms with Gasteiger partial charge in [0.1, 0.15) is 6.07 Å². The fourth-order valence-corrected chi connectivity index (χ4v) is 4.04. The van der Waals surface area contributed by atoms with E-state index in [1.807, 2.05) is 28.0 Å². The summed E-state index contributed by atoms with van der Waals surface area (Å²) in [5.41, 5.74) is 1.88. The first-order chi connectivity index (χ1) is 13.9. The van der Waals surface area contributed by atoms with E-state index in [1.165, 1.54) is 0 Å². The van der Waals surface area contributed by atoms with Crippen molar-refractivity contribution in [2.24, 2.45) is 0 Å². The molecule has 0 radical (unpaired) electrons. The van der Waals surface area contributed by atoms with Gasteiger partial charge in [0, 0.05) is 31.9 Å². The van der Waals surface area contributed by atoms with Crippen LogP contribution in [0.1, 0.15) is 23.7 Å². The van der Waals surface area contributed by atoms with E-state index < -0.39 is 9.84 Å². The fraction of sp³-hybridized carbons (Fsp3) is 0.400. The maximum atomic E-state index is 12.6. The molecule has 0 atom stereocenters. The van der Waals surface area contributed by atoms with Crippen LogP contribution in [0.2, 0.25) is 0 Å². The molecule has 0 N–H and O–H groups in total. The van der Waals surface area contributed by atoms with Gasteiger partial charge in [-0.2, -0.15) is 5.26 Å². The van der Waals surface area contributed by atoms with Gasteiger partial charge in [0.15, 0.2) is 21.3 Å². The molecule has 1 aromatic carbocycles. The van der Waals surface area contributed by atoms with E-state index >= 15 is 0 Å². The normalized spacial score (nSPS) is 14.5. The van der Waals surface area contributed by atoms with E-state index in [4.69, 9.17) is 5.26 Å². The molecule has 1 saturated heterocycles. The van der Waals surface area contributed by atoms with Crippen LogP contribution in [-0.4, -0.2) is 61.4 Å². The maximum absolute atomic E-state index is 12.6. The highest BCUT2D eigenvalue weighted by Gasteiger charge is 2.22. The third-order valence-corrected chi connectivity index (χ3v) is 6.58. The number of anilines is 1. The molecule has 29 heavy (non-hydrogen) atoms. The number of carbonyl (C=O) groups excluding carboxylic acids is 1. The van der Waals surface area contributed by atoms with Crippen LogP contribution in [0.3, 0.4) is 0 Å². The number of piperazine rings is 1. The highest BCUT2D eigenvalue weighted by Crippen LogP contribution is 2.15. The van der Waals surface area contributed by atoms with Gasteiger partial charge in [-0.05, 0) is 23.3 Å². The van der Waals surface area contributed by atoms with Crippen LogP contribution >= 0.6 is 0 Å². The second-order valence-electron chi connectivity index (χ2n) is 6.93. The van der Waals surface area contributed by atoms with Gasteiger partial charge in [-0.25, -0.2) is 8.42 Å². The van der Waals surface area contributed by atoms with Gasteiger partial charge in [-0.3, -0.25) is 4.79 Å². The Kier molecular flexibility index (Phi) is 6.44. The van der Waals surface area contributed by atoms with Crippen molar-refractivity contribution in [3.8, 4) is 6.07 Å². The predicted molar refractivity (Wildman–Crippen MR) is 109 cm³/mol. The molecule has 1 aliphatic rings. The van der Waals surface area contributed by atoms with Crippen molar-refractivity contribution in [2.45, 2.75) is 19.1 Å². The monoisotopic (exact) mass is 413 g/mol. The number of nitriles is 1. The van der Waals surface area contributed by atoms with Crippen molar-refractivity contribution in [3.05, 3.63) is 53.2 Å². The molecule has 2 aromatic rings. The molecule has 1 aliphatic heterocycles. The van der Waals surface area contributed by atoms with Gasteiger partial charge in [-0.15, -0.1) is 10.2 Å². The van der Waals surface area contributed by atoms with Crippen LogP contribution in [0.25, 0.3) is 0 Å². The van der Waals surface area contributed by atoms with E-state index in [0.717, 1.165) is 11.1 Å². The second kappa shape index (κ2) is 9.01. The quantitative estimate of drug-likeness (QED) is 0.700. The first kappa shape index (κ1) is 20.7. The fourth-order valence-electron chi connectivity index (χ4n) is 3.13. The molecule has 0 unspecified atom stereocenters. The lowest BCUT2D eigenvalue weighted by molar-refractivity contribution is -0.130. The van der Waals surface area contributed by atoms with Crippen LogP contribution in [0.5, 0.6) is 0 Å². The van der Waals surface area contributed by atoms with Crippen LogP contribution < -0.4 is 4.90 Å². The van der Waals surface area contributed by atoms with Crippen LogP contribution in [-0.2, 0) is 26.8 Å². The Morgan fingerprint density at radius 2 is 1.69 bits per heavy atom. The highest BCUT2D eigenvalue weighted by molar-refractivity contribution is 7.90. The minimum atomic E-state index is -3.06. The number of hydrogen-bond acceptors (Lipinski definition) is 7. The number of hydrogen-bond donors (Lipinski definition) is 0. The lowest BCUT2D eigenvalue weighted by atomic mass is 10.1. The lowest BCUT2D eigenvalue weighted by Crippen LogP contribution is -2.49. The van der Waals surface area contributed by atoms with Gasteiger partial charge in [0.05, 0.1) is 12.2 Å². The van der Waals surface area contributed by atoms with Gasteiger partial charge in [-0.1, -0.05) is 31.2 Å². The number of amides is 1.